The van der Waals surface area contributed by atoms with Crippen LogP contribution < -0.4 is 0 Å². The van der Waals surface area contributed by atoms with Crippen LogP contribution in [-0.4, -0.2) is 90.6 Å². The summed E-state index contributed by atoms with van der Waals surface area (Å²) in [5.41, 5.74) is 0. The molecule has 0 radical (unpaired) electrons. The summed E-state index contributed by atoms with van der Waals surface area (Å²) in [6.07, 6.45) is 9.76. The molecule has 2 saturated carbocycles. The van der Waals surface area contributed by atoms with E-state index in [1.54, 1.807) is 11.2 Å². The summed E-state index contributed by atoms with van der Waals surface area (Å²) in [6.45, 7) is 5.63. The van der Waals surface area contributed by atoms with Crippen LogP contribution in [0.15, 0.2) is 0 Å². The second-order valence-electron chi connectivity index (χ2n) is 11.5. The molecule has 0 aromatic heterocycles. The maximum Gasteiger partial charge on any atom is 0.252 e. The first-order valence-electron chi connectivity index (χ1n) is 13.3. The third kappa shape index (κ3) is 4.41. The molecule has 34 heavy (non-hydrogen) atoms. The van der Waals surface area contributed by atoms with E-state index in [9.17, 15) is 18.0 Å². The predicted molar refractivity (Wildman–Crippen MR) is 128 cm³/mol. The van der Waals surface area contributed by atoms with Gasteiger partial charge in [0, 0.05) is 38.7 Å². The molecule has 0 aromatic rings. The second-order valence-corrected chi connectivity index (χ2v) is 13.5. The van der Waals surface area contributed by atoms with Gasteiger partial charge in [-0.15, -0.1) is 0 Å². The number of carbonyl (C=O) groups excluding carboxylic acids is 2. The van der Waals surface area contributed by atoms with Crippen LogP contribution in [0.3, 0.4) is 0 Å². The average Bonchev–Trinajstić information content (AvgIpc) is 3.46. The van der Waals surface area contributed by atoms with Gasteiger partial charge in [0.15, 0.2) is 0 Å². The van der Waals surface area contributed by atoms with Crippen LogP contribution in [0, 0.1) is 17.8 Å². The van der Waals surface area contributed by atoms with Crippen molar-refractivity contribution in [1.29, 1.82) is 0 Å². The van der Waals surface area contributed by atoms with E-state index in [0.717, 1.165) is 57.8 Å². The molecule has 3 aliphatic heterocycles. The summed E-state index contributed by atoms with van der Waals surface area (Å²) in [4.78, 5) is 30.1. The van der Waals surface area contributed by atoms with E-state index in [1.807, 2.05) is 4.90 Å². The molecule has 0 spiro atoms. The van der Waals surface area contributed by atoms with Gasteiger partial charge in [-0.25, -0.2) is 8.42 Å². The van der Waals surface area contributed by atoms with Gasteiger partial charge in [0.25, 0.3) is 5.91 Å². The van der Waals surface area contributed by atoms with Crippen LogP contribution in [0.4, 0.5) is 0 Å². The van der Waals surface area contributed by atoms with Gasteiger partial charge >= 0.3 is 0 Å². The van der Waals surface area contributed by atoms with Gasteiger partial charge < -0.3 is 14.5 Å². The number of sulfonamides is 1. The Bertz CT molecular complexity index is 904. The molecule has 0 N–H and O–H groups in total. The molecule has 2 aliphatic carbocycles. The quantitative estimate of drug-likeness (QED) is 0.599. The lowest BCUT2D eigenvalue weighted by atomic mass is 9.66. The van der Waals surface area contributed by atoms with E-state index >= 15 is 0 Å². The van der Waals surface area contributed by atoms with Gasteiger partial charge in [-0.3, -0.25) is 9.59 Å². The molecule has 8 atom stereocenters. The minimum absolute atomic E-state index is 0.0246. The second kappa shape index (κ2) is 9.36. The van der Waals surface area contributed by atoms with Crippen LogP contribution in [0.25, 0.3) is 0 Å². The van der Waals surface area contributed by atoms with E-state index in [-0.39, 0.29) is 42.1 Å². The van der Waals surface area contributed by atoms with E-state index in [0.29, 0.717) is 37.5 Å². The lowest BCUT2D eigenvalue weighted by Gasteiger charge is -2.55. The molecule has 192 valence electrons. The number of amides is 2. The maximum atomic E-state index is 13.5. The smallest absolute Gasteiger partial charge is 0.252 e. The number of ether oxygens (including phenoxy) is 1. The highest BCUT2D eigenvalue weighted by Crippen LogP contribution is 2.47. The zero-order chi connectivity index (χ0) is 24.2. The summed E-state index contributed by atoms with van der Waals surface area (Å²) in [5, 5.41) is 0. The molecule has 8 unspecified atom stereocenters. The lowest BCUT2D eigenvalue weighted by Crippen LogP contribution is -2.68. The first-order valence-corrected chi connectivity index (χ1v) is 15.2. The van der Waals surface area contributed by atoms with Crippen molar-refractivity contribution in [3.05, 3.63) is 0 Å². The molecular formula is C25H41N3O5S. The molecule has 3 heterocycles. The highest BCUT2D eigenvalue weighted by atomic mass is 32.2. The van der Waals surface area contributed by atoms with Gasteiger partial charge in [0.2, 0.25) is 15.9 Å². The number of piperazine rings is 1. The van der Waals surface area contributed by atoms with Gasteiger partial charge in [-0.1, -0.05) is 0 Å². The van der Waals surface area contributed by atoms with Crippen molar-refractivity contribution in [2.45, 2.75) is 102 Å². The zero-order valence-electron chi connectivity index (χ0n) is 20.9. The SMILES string of the molecule is CC(=O)N1C(C)CN(C(=O)C2CCCO2)C2CC(C3CCC4C(CCN4S(C)(=O)=O)C3)CCC21. The Morgan fingerprint density at radius 2 is 1.59 bits per heavy atom. The minimum Gasteiger partial charge on any atom is -0.368 e. The number of hydrogen-bond acceptors (Lipinski definition) is 5. The Morgan fingerprint density at radius 1 is 0.882 bits per heavy atom. The average molecular weight is 496 g/mol. The fourth-order valence-corrected chi connectivity index (χ4v) is 9.32. The number of hydrogen-bond donors (Lipinski definition) is 0. The molecular weight excluding hydrogens is 454 g/mol. The number of rotatable bonds is 3. The first kappa shape index (κ1) is 24.5. The molecule has 5 fully saturated rings. The largest absolute Gasteiger partial charge is 0.368 e. The Balaban J connectivity index is 1.32. The fraction of sp³-hybridized carbons (Fsp3) is 0.920. The van der Waals surface area contributed by atoms with Crippen molar-refractivity contribution in [2.24, 2.45) is 17.8 Å². The van der Waals surface area contributed by atoms with Crippen molar-refractivity contribution in [2.75, 3.05) is 26.0 Å². The van der Waals surface area contributed by atoms with Crippen LogP contribution in [-0.2, 0) is 24.3 Å². The first-order chi connectivity index (χ1) is 16.1. The lowest BCUT2D eigenvalue weighted by molar-refractivity contribution is -0.160. The van der Waals surface area contributed by atoms with Crippen molar-refractivity contribution < 1.29 is 22.7 Å². The van der Waals surface area contributed by atoms with Crippen LogP contribution in [0.5, 0.6) is 0 Å². The molecule has 2 amide bonds. The highest BCUT2D eigenvalue weighted by Gasteiger charge is 2.50. The van der Waals surface area contributed by atoms with Gasteiger partial charge in [-0.05, 0) is 82.5 Å². The van der Waals surface area contributed by atoms with Crippen molar-refractivity contribution in [3.63, 3.8) is 0 Å². The normalized spacial score (nSPS) is 41.3. The summed E-state index contributed by atoms with van der Waals surface area (Å²) in [7, 11) is -3.14. The van der Waals surface area contributed by atoms with Gasteiger partial charge in [0.05, 0.1) is 18.3 Å². The minimum atomic E-state index is -3.14. The standard InChI is InChI=1S/C25H41N3O5S/c1-16-15-26(25(30)24-5-4-12-33-24)23-14-19(7-9-22(23)28(16)17(2)29)18-6-8-21-20(13-18)10-11-27(21)34(3,31)32/h16,18-24H,4-15H2,1-3H3. The molecule has 5 rings (SSSR count). The van der Waals surface area contributed by atoms with Crippen LogP contribution in [0.1, 0.15) is 71.6 Å². The molecule has 5 aliphatic rings. The van der Waals surface area contributed by atoms with Crippen LogP contribution >= 0.6 is 0 Å². The van der Waals surface area contributed by atoms with Crippen LogP contribution in [0.2, 0.25) is 0 Å². The summed E-state index contributed by atoms with van der Waals surface area (Å²) in [5.74, 6) is 1.78. The summed E-state index contributed by atoms with van der Waals surface area (Å²) in [6, 6.07) is 0.344. The highest BCUT2D eigenvalue weighted by molar-refractivity contribution is 7.88. The van der Waals surface area contributed by atoms with Gasteiger partial charge in [0.1, 0.15) is 6.10 Å². The molecule has 8 nitrogen and oxygen atoms in total. The van der Waals surface area contributed by atoms with E-state index in [1.165, 1.54) is 6.26 Å². The Kier molecular flexibility index (Phi) is 6.74. The maximum absolute atomic E-state index is 13.5. The Labute approximate surface area is 204 Å². The zero-order valence-corrected chi connectivity index (χ0v) is 21.7. The topological polar surface area (TPSA) is 87.2 Å². The monoisotopic (exact) mass is 495 g/mol. The van der Waals surface area contributed by atoms with E-state index < -0.39 is 10.0 Å². The number of nitrogens with zero attached hydrogens (tertiary/aromatic N) is 3. The number of fused-ring (bicyclic) bond motifs is 2. The molecule has 9 heteroatoms. The molecule has 0 bridgehead atoms. The third-order valence-corrected chi connectivity index (χ3v) is 10.8. The van der Waals surface area contributed by atoms with Crippen molar-refractivity contribution >= 4 is 21.8 Å². The fourth-order valence-electron chi connectivity index (χ4n) is 8.11. The summed E-state index contributed by atoms with van der Waals surface area (Å²) < 4.78 is 31.9. The van der Waals surface area contributed by atoms with E-state index in [2.05, 4.69) is 11.8 Å². The number of carbonyl (C=O) groups is 2. The van der Waals surface area contributed by atoms with E-state index in [4.69, 9.17) is 4.74 Å². The van der Waals surface area contributed by atoms with Crippen molar-refractivity contribution in [3.8, 4) is 0 Å². The predicted octanol–water partition coefficient (Wildman–Crippen LogP) is 2.23. The third-order valence-electron chi connectivity index (χ3n) is 9.53. The molecule has 3 saturated heterocycles. The Morgan fingerprint density at radius 3 is 2.24 bits per heavy atom. The summed E-state index contributed by atoms with van der Waals surface area (Å²) >= 11 is 0. The van der Waals surface area contributed by atoms with Gasteiger partial charge in [-0.2, -0.15) is 4.31 Å². The molecule has 0 aromatic carbocycles. The van der Waals surface area contributed by atoms with Crippen molar-refractivity contribution in [1.82, 2.24) is 14.1 Å². The Hall–Kier alpha value is -1.19.